The van der Waals surface area contributed by atoms with Gasteiger partial charge in [0.15, 0.2) is 0 Å². The summed E-state index contributed by atoms with van der Waals surface area (Å²) in [6, 6.07) is 0. The van der Waals surface area contributed by atoms with E-state index in [0.29, 0.717) is 0 Å². The van der Waals surface area contributed by atoms with Crippen LogP contribution in [0.2, 0.25) is 0 Å². The second kappa shape index (κ2) is 7.81. The third kappa shape index (κ3) is 4.63. The van der Waals surface area contributed by atoms with E-state index in [0.717, 1.165) is 11.8 Å². The molecule has 0 N–H and O–H groups in total. The summed E-state index contributed by atoms with van der Waals surface area (Å²) in [6.45, 7) is 4.33. The Morgan fingerprint density at radius 2 is 1.50 bits per heavy atom. The molecule has 0 aliphatic heterocycles. The van der Waals surface area contributed by atoms with E-state index in [-0.39, 0.29) is 0 Å². The van der Waals surface area contributed by atoms with Crippen LogP contribution in [0.1, 0.15) is 77.0 Å². The maximum Gasteiger partial charge on any atom is -0.0206 e. The smallest absolute Gasteiger partial charge is 0.0206 e. The van der Waals surface area contributed by atoms with Crippen molar-refractivity contribution in [3.63, 3.8) is 0 Å². The number of allylic oxidation sites excluding steroid dienone is 3. The van der Waals surface area contributed by atoms with Crippen LogP contribution in [-0.4, -0.2) is 0 Å². The van der Waals surface area contributed by atoms with E-state index < -0.39 is 0 Å². The molecule has 0 bridgehead atoms. The van der Waals surface area contributed by atoms with Gasteiger partial charge in [0, 0.05) is 0 Å². The SMILES string of the molecule is C=C(CC/C=C\C1CCCCC1)C1CCCCC1. The highest BCUT2D eigenvalue weighted by atomic mass is 14.2. The highest BCUT2D eigenvalue weighted by Gasteiger charge is 2.15. The maximum absolute atomic E-state index is 4.33. The summed E-state index contributed by atoms with van der Waals surface area (Å²) in [7, 11) is 0. The average Bonchev–Trinajstić information content (AvgIpc) is 2.45. The molecule has 2 fully saturated rings. The molecule has 0 heteroatoms. The van der Waals surface area contributed by atoms with Gasteiger partial charge >= 0.3 is 0 Å². The molecule has 0 spiro atoms. The van der Waals surface area contributed by atoms with Gasteiger partial charge in [-0.1, -0.05) is 62.8 Å². The van der Waals surface area contributed by atoms with Crippen molar-refractivity contribution in [3.05, 3.63) is 24.3 Å². The Labute approximate surface area is 114 Å². The van der Waals surface area contributed by atoms with Crippen molar-refractivity contribution in [1.29, 1.82) is 0 Å². The monoisotopic (exact) mass is 246 g/mol. The van der Waals surface area contributed by atoms with E-state index in [9.17, 15) is 0 Å². The van der Waals surface area contributed by atoms with Gasteiger partial charge in [-0.15, -0.1) is 0 Å². The Kier molecular flexibility index (Phi) is 6.04. The van der Waals surface area contributed by atoms with Crippen molar-refractivity contribution in [2.45, 2.75) is 77.0 Å². The van der Waals surface area contributed by atoms with E-state index in [4.69, 9.17) is 0 Å². The second-order valence-electron chi connectivity index (χ2n) is 6.36. The summed E-state index contributed by atoms with van der Waals surface area (Å²) in [4.78, 5) is 0. The summed E-state index contributed by atoms with van der Waals surface area (Å²) in [6.07, 6.45) is 21.7. The van der Waals surface area contributed by atoms with Crippen molar-refractivity contribution in [2.75, 3.05) is 0 Å². The predicted octanol–water partition coefficient (Wildman–Crippen LogP) is 6.04. The Morgan fingerprint density at radius 1 is 0.889 bits per heavy atom. The highest BCUT2D eigenvalue weighted by molar-refractivity contribution is 5.03. The first-order valence-electron chi connectivity index (χ1n) is 8.20. The number of hydrogen-bond donors (Lipinski definition) is 0. The fourth-order valence-electron chi connectivity index (χ4n) is 3.60. The van der Waals surface area contributed by atoms with Gasteiger partial charge in [0.25, 0.3) is 0 Å². The summed E-state index contributed by atoms with van der Waals surface area (Å²) < 4.78 is 0. The molecule has 2 aliphatic rings. The lowest BCUT2D eigenvalue weighted by Crippen LogP contribution is -2.08. The van der Waals surface area contributed by atoms with Crippen LogP contribution in [0.5, 0.6) is 0 Å². The molecular formula is C18H30. The maximum atomic E-state index is 4.33. The summed E-state index contributed by atoms with van der Waals surface area (Å²) in [5.41, 5.74) is 1.53. The molecule has 0 atom stereocenters. The van der Waals surface area contributed by atoms with Crippen LogP contribution in [0.3, 0.4) is 0 Å². The molecule has 0 nitrogen and oxygen atoms in total. The van der Waals surface area contributed by atoms with Gasteiger partial charge in [-0.05, 0) is 50.4 Å². The third-order valence-electron chi connectivity index (χ3n) is 4.87. The fraction of sp³-hybridized carbons (Fsp3) is 0.778. The van der Waals surface area contributed by atoms with Crippen LogP contribution < -0.4 is 0 Å². The molecule has 2 aliphatic carbocycles. The van der Waals surface area contributed by atoms with Gasteiger partial charge in [-0.25, -0.2) is 0 Å². The van der Waals surface area contributed by atoms with Gasteiger partial charge in [-0.2, -0.15) is 0 Å². The minimum absolute atomic E-state index is 0.849. The molecule has 0 heterocycles. The Morgan fingerprint density at radius 3 is 2.17 bits per heavy atom. The van der Waals surface area contributed by atoms with Crippen molar-refractivity contribution >= 4 is 0 Å². The van der Waals surface area contributed by atoms with E-state index in [2.05, 4.69) is 18.7 Å². The van der Waals surface area contributed by atoms with Crippen LogP contribution in [0.4, 0.5) is 0 Å². The van der Waals surface area contributed by atoms with Crippen LogP contribution in [0.15, 0.2) is 24.3 Å². The topological polar surface area (TPSA) is 0 Å². The van der Waals surface area contributed by atoms with Crippen LogP contribution >= 0.6 is 0 Å². The number of rotatable bonds is 5. The Balaban J connectivity index is 1.61. The van der Waals surface area contributed by atoms with E-state index in [1.165, 1.54) is 82.6 Å². The molecule has 18 heavy (non-hydrogen) atoms. The molecule has 0 aromatic heterocycles. The van der Waals surface area contributed by atoms with Gasteiger partial charge in [0.1, 0.15) is 0 Å². The zero-order valence-electron chi connectivity index (χ0n) is 12.0. The van der Waals surface area contributed by atoms with E-state index >= 15 is 0 Å². The van der Waals surface area contributed by atoms with E-state index in [1.54, 1.807) is 0 Å². The van der Waals surface area contributed by atoms with Crippen LogP contribution in [0.25, 0.3) is 0 Å². The predicted molar refractivity (Wildman–Crippen MR) is 80.7 cm³/mol. The quantitative estimate of drug-likeness (QED) is 0.519. The normalized spacial score (nSPS) is 23.6. The lowest BCUT2D eigenvalue weighted by molar-refractivity contribution is 0.396. The molecule has 0 radical (unpaired) electrons. The zero-order valence-corrected chi connectivity index (χ0v) is 12.0. The van der Waals surface area contributed by atoms with Crippen molar-refractivity contribution < 1.29 is 0 Å². The molecule has 0 saturated heterocycles. The Hall–Kier alpha value is -0.520. The molecule has 2 rings (SSSR count). The van der Waals surface area contributed by atoms with Crippen molar-refractivity contribution in [3.8, 4) is 0 Å². The van der Waals surface area contributed by atoms with Crippen LogP contribution in [-0.2, 0) is 0 Å². The van der Waals surface area contributed by atoms with Crippen molar-refractivity contribution in [2.24, 2.45) is 11.8 Å². The van der Waals surface area contributed by atoms with Gasteiger partial charge in [-0.3, -0.25) is 0 Å². The number of hydrogen-bond acceptors (Lipinski definition) is 0. The molecule has 0 unspecified atom stereocenters. The summed E-state index contributed by atoms with van der Waals surface area (Å²) in [5.74, 6) is 1.74. The van der Waals surface area contributed by atoms with Crippen LogP contribution in [0, 0.1) is 11.8 Å². The Bertz CT molecular complexity index is 262. The summed E-state index contributed by atoms with van der Waals surface area (Å²) >= 11 is 0. The largest absolute Gasteiger partial charge is 0.0996 e. The zero-order chi connectivity index (χ0) is 12.6. The molecule has 0 aromatic rings. The molecular weight excluding hydrogens is 216 g/mol. The first kappa shape index (κ1) is 13.9. The first-order chi connectivity index (χ1) is 8.86. The standard InChI is InChI=1S/C18H30/c1-16(18-14-6-3-7-15-18)10-8-9-13-17-11-4-2-5-12-17/h9,13,17-18H,1-8,10-12,14-15H2/b13-9-. The minimum atomic E-state index is 0.849. The molecule has 0 amide bonds. The molecule has 2 saturated carbocycles. The average molecular weight is 246 g/mol. The highest BCUT2D eigenvalue weighted by Crippen LogP contribution is 2.31. The second-order valence-corrected chi connectivity index (χ2v) is 6.36. The van der Waals surface area contributed by atoms with Gasteiger partial charge in [0.2, 0.25) is 0 Å². The molecule has 102 valence electrons. The van der Waals surface area contributed by atoms with E-state index in [1.807, 2.05) is 0 Å². The minimum Gasteiger partial charge on any atom is -0.0996 e. The third-order valence-corrected chi connectivity index (χ3v) is 4.87. The van der Waals surface area contributed by atoms with Gasteiger partial charge < -0.3 is 0 Å². The summed E-state index contributed by atoms with van der Waals surface area (Å²) in [5, 5.41) is 0. The fourth-order valence-corrected chi connectivity index (χ4v) is 3.60. The van der Waals surface area contributed by atoms with Gasteiger partial charge in [0.05, 0.1) is 0 Å². The van der Waals surface area contributed by atoms with Crippen molar-refractivity contribution in [1.82, 2.24) is 0 Å². The molecule has 0 aromatic carbocycles. The first-order valence-corrected chi connectivity index (χ1v) is 8.20. The lowest BCUT2D eigenvalue weighted by atomic mass is 9.82. The lowest BCUT2D eigenvalue weighted by Gasteiger charge is -2.23.